The molecule has 0 heterocycles. The van der Waals surface area contributed by atoms with Crippen molar-refractivity contribution in [1.29, 1.82) is 0 Å². The molecule has 0 radical (unpaired) electrons. The summed E-state index contributed by atoms with van der Waals surface area (Å²) in [5.41, 5.74) is 2.67. The molecule has 0 bridgehead atoms. The third kappa shape index (κ3) is 4.71. The van der Waals surface area contributed by atoms with Crippen molar-refractivity contribution in [3.63, 3.8) is 0 Å². The standard InChI is InChI=1S/C16H23F3N2/c17-16(18,19)14-8-4-7-13(11-14)15(21-20)10-9-12-5-2-1-3-6-12/h4,7-8,11-12,15,21H,1-3,5-6,9-10,20H2. The van der Waals surface area contributed by atoms with E-state index < -0.39 is 11.7 Å². The predicted molar refractivity (Wildman–Crippen MR) is 77.3 cm³/mol. The summed E-state index contributed by atoms with van der Waals surface area (Å²) in [7, 11) is 0. The number of nitrogens with two attached hydrogens (primary N) is 1. The van der Waals surface area contributed by atoms with E-state index in [1.54, 1.807) is 6.07 Å². The lowest BCUT2D eigenvalue weighted by Gasteiger charge is -2.24. The van der Waals surface area contributed by atoms with Crippen LogP contribution in [0.1, 0.15) is 62.1 Å². The Balaban J connectivity index is 1.99. The zero-order chi connectivity index (χ0) is 15.3. The first-order valence-corrected chi connectivity index (χ1v) is 7.64. The third-order valence-electron chi connectivity index (χ3n) is 4.41. The van der Waals surface area contributed by atoms with Crippen LogP contribution in [0.4, 0.5) is 13.2 Å². The van der Waals surface area contributed by atoms with E-state index in [0.717, 1.165) is 18.9 Å². The van der Waals surface area contributed by atoms with Gasteiger partial charge in [0.05, 0.1) is 5.56 Å². The Kier molecular flexibility index (Phi) is 5.65. The van der Waals surface area contributed by atoms with Crippen molar-refractivity contribution in [3.8, 4) is 0 Å². The van der Waals surface area contributed by atoms with Crippen molar-refractivity contribution < 1.29 is 13.2 Å². The number of hydrogen-bond acceptors (Lipinski definition) is 2. The average molecular weight is 300 g/mol. The second-order valence-electron chi connectivity index (χ2n) is 5.92. The normalized spacial score (nSPS) is 18.7. The Morgan fingerprint density at radius 3 is 2.52 bits per heavy atom. The number of rotatable bonds is 5. The fourth-order valence-electron chi connectivity index (χ4n) is 3.16. The Bertz CT molecular complexity index is 439. The Morgan fingerprint density at radius 1 is 1.19 bits per heavy atom. The maximum atomic E-state index is 12.8. The van der Waals surface area contributed by atoms with Crippen LogP contribution in [-0.4, -0.2) is 0 Å². The fourth-order valence-corrected chi connectivity index (χ4v) is 3.16. The molecule has 1 atom stereocenters. The van der Waals surface area contributed by atoms with Crippen LogP contribution < -0.4 is 11.3 Å². The van der Waals surface area contributed by atoms with Gasteiger partial charge in [-0.3, -0.25) is 11.3 Å². The zero-order valence-corrected chi connectivity index (χ0v) is 12.1. The summed E-state index contributed by atoms with van der Waals surface area (Å²) in [6.45, 7) is 0. The molecule has 0 saturated heterocycles. The van der Waals surface area contributed by atoms with E-state index in [4.69, 9.17) is 5.84 Å². The Hall–Kier alpha value is -1.07. The molecule has 0 spiro atoms. The first-order chi connectivity index (χ1) is 10.0. The van der Waals surface area contributed by atoms with Gasteiger partial charge >= 0.3 is 6.18 Å². The molecule has 21 heavy (non-hydrogen) atoms. The highest BCUT2D eigenvalue weighted by Crippen LogP contribution is 2.33. The maximum absolute atomic E-state index is 12.8. The summed E-state index contributed by atoms with van der Waals surface area (Å²) in [5.74, 6) is 6.24. The van der Waals surface area contributed by atoms with E-state index in [-0.39, 0.29) is 6.04 Å². The second kappa shape index (κ2) is 7.27. The van der Waals surface area contributed by atoms with Crippen LogP contribution in [0.15, 0.2) is 24.3 Å². The van der Waals surface area contributed by atoms with Gasteiger partial charge in [-0.25, -0.2) is 0 Å². The van der Waals surface area contributed by atoms with E-state index in [2.05, 4.69) is 5.43 Å². The van der Waals surface area contributed by atoms with Crippen molar-refractivity contribution >= 4 is 0 Å². The smallest absolute Gasteiger partial charge is 0.271 e. The molecular weight excluding hydrogens is 277 g/mol. The SMILES string of the molecule is NNC(CCC1CCCCC1)c1cccc(C(F)(F)F)c1. The molecule has 3 N–H and O–H groups in total. The molecule has 1 aliphatic rings. The van der Waals surface area contributed by atoms with Gasteiger partial charge in [-0.2, -0.15) is 13.2 Å². The van der Waals surface area contributed by atoms with Gasteiger partial charge in [-0.05, 0) is 36.5 Å². The van der Waals surface area contributed by atoms with Gasteiger partial charge in [-0.1, -0.05) is 44.2 Å². The first kappa shape index (κ1) is 16.3. The van der Waals surface area contributed by atoms with Crippen LogP contribution in [0.3, 0.4) is 0 Å². The number of halogens is 3. The largest absolute Gasteiger partial charge is 0.416 e. The Morgan fingerprint density at radius 2 is 1.90 bits per heavy atom. The monoisotopic (exact) mass is 300 g/mol. The summed E-state index contributed by atoms with van der Waals surface area (Å²) >= 11 is 0. The van der Waals surface area contributed by atoms with E-state index in [1.807, 2.05) is 0 Å². The van der Waals surface area contributed by atoms with Crippen molar-refractivity contribution in [2.24, 2.45) is 11.8 Å². The van der Waals surface area contributed by atoms with Gasteiger partial charge in [-0.15, -0.1) is 0 Å². The summed E-state index contributed by atoms with van der Waals surface area (Å²) < 4.78 is 38.3. The predicted octanol–water partition coefficient (Wildman–Crippen LogP) is 4.57. The third-order valence-corrected chi connectivity index (χ3v) is 4.41. The fraction of sp³-hybridized carbons (Fsp3) is 0.625. The zero-order valence-electron chi connectivity index (χ0n) is 12.1. The maximum Gasteiger partial charge on any atom is 0.416 e. The number of hydrogen-bond donors (Lipinski definition) is 2. The van der Waals surface area contributed by atoms with Crippen LogP contribution in [-0.2, 0) is 6.18 Å². The van der Waals surface area contributed by atoms with Gasteiger partial charge in [0.25, 0.3) is 0 Å². The van der Waals surface area contributed by atoms with E-state index in [0.29, 0.717) is 11.5 Å². The van der Waals surface area contributed by atoms with Crippen LogP contribution in [0, 0.1) is 5.92 Å². The molecule has 118 valence electrons. The summed E-state index contributed by atoms with van der Waals surface area (Å²) in [5, 5.41) is 0. The second-order valence-corrected chi connectivity index (χ2v) is 5.92. The quantitative estimate of drug-likeness (QED) is 0.617. The lowest BCUT2D eigenvalue weighted by atomic mass is 9.84. The van der Waals surface area contributed by atoms with Crippen molar-refractivity contribution in [1.82, 2.24) is 5.43 Å². The lowest BCUT2D eigenvalue weighted by molar-refractivity contribution is -0.137. The van der Waals surface area contributed by atoms with E-state index in [9.17, 15) is 13.2 Å². The van der Waals surface area contributed by atoms with Gasteiger partial charge in [0.15, 0.2) is 0 Å². The molecule has 1 aromatic carbocycles. The average Bonchev–Trinajstić information content (AvgIpc) is 2.48. The molecule has 2 rings (SSSR count). The van der Waals surface area contributed by atoms with Gasteiger partial charge in [0.1, 0.15) is 0 Å². The molecule has 5 heteroatoms. The molecule has 0 aliphatic heterocycles. The highest BCUT2D eigenvalue weighted by Gasteiger charge is 2.31. The molecule has 1 aromatic rings. The van der Waals surface area contributed by atoms with Crippen molar-refractivity contribution in [2.75, 3.05) is 0 Å². The van der Waals surface area contributed by atoms with E-state index >= 15 is 0 Å². The summed E-state index contributed by atoms with van der Waals surface area (Å²) in [6, 6.07) is 5.24. The minimum absolute atomic E-state index is 0.214. The van der Waals surface area contributed by atoms with Gasteiger partial charge in [0, 0.05) is 6.04 Å². The number of hydrazine groups is 1. The number of alkyl halides is 3. The first-order valence-electron chi connectivity index (χ1n) is 7.64. The van der Waals surface area contributed by atoms with Crippen LogP contribution >= 0.6 is 0 Å². The van der Waals surface area contributed by atoms with Crippen LogP contribution in [0.5, 0.6) is 0 Å². The molecule has 0 aromatic heterocycles. The van der Waals surface area contributed by atoms with Crippen LogP contribution in [0.2, 0.25) is 0 Å². The minimum atomic E-state index is -4.31. The molecule has 0 amide bonds. The molecule has 2 nitrogen and oxygen atoms in total. The topological polar surface area (TPSA) is 38.0 Å². The Labute approximate surface area is 123 Å². The lowest BCUT2D eigenvalue weighted by Crippen LogP contribution is -2.28. The minimum Gasteiger partial charge on any atom is -0.271 e. The molecular formula is C16H23F3N2. The summed E-state index contributed by atoms with van der Waals surface area (Å²) in [4.78, 5) is 0. The molecule has 1 aliphatic carbocycles. The van der Waals surface area contributed by atoms with Crippen LogP contribution in [0.25, 0.3) is 0 Å². The molecule has 1 saturated carbocycles. The number of nitrogens with one attached hydrogen (secondary N) is 1. The van der Waals surface area contributed by atoms with Crippen molar-refractivity contribution in [2.45, 2.75) is 57.2 Å². The molecule has 1 unspecified atom stereocenters. The van der Waals surface area contributed by atoms with Gasteiger partial charge < -0.3 is 0 Å². The van der Waals surface area contributed by atoms with E-state index in [1.165, 1.54) is 44.2 Å². The summed E-state index contributed by atoms with van der Waals surface area (Å²) in [6.07, 6.45) is 3.82. The van der Waals surface area contributed by atoms with Crippen molar-refractivity contribution in [3.05, 3.63) is 35.4 Å². The highest BCUT2D eigenvalue weighted by atomic mass is 19.4. The molecule has 1 fully saturated rings. The number of benzene rings is 1. The highest BCUT2D eigenvalue weighted by molar-refractivity contribution is 5.27. The van der Waals surface area contributed by atoms with Gasteiger partial charge in [0.2, 0.25) is 0 Å².